The lowest BCUT2D eigenvalue weighted by atomic mass is 9.70. The number of hydrogen-bond donors (Lipinski definition) is 1. The maximum absolute atomic E-state index is 12.7. The Balaban J connectivity index is 1.76. The molecule has 1 unspecified atom stereocenters. The summed E-state index contributed by atoms with van der Waals surface area (Å²) in [6, 6.07) is 12.2. The summed E-state index contributed by atoms with van der Waals surface area (Å²) in [6.07, 6.45) is 2.57. The van der Waals surface area contributed by atoms with Gasteiger partial charge in [0.25, 0.3) is 0 Å². The molecule has 0 saturated carbocycles. The number of urea groups is 1. The summed E-state index contributed by atoms with van der Waals surface area (Å²) < 4.78 is 0. The number of likely N-dealkylation sites (tertiary alicyclic amines) is 1. The monoisotopic (exact) mass is 324 g/mol. The number of aromatic nitrogens is 2. The van der Waals surface area contributed by atoms with Crippen molar-refractivity contribution in [3.63, 3.8) is 0 Å². The second-order valence-electron chi connectivity index (χ2n) is 7.11. The Morgan fingerprint density at radius 2 is 2.00 bits per heavy atom. The van der Waals surface area contributed by atoms with Crippen molar-refractivity contribution in [1.29, 1.82) is 0 Å². The van der Waals surface area contributed by atoms with Crippen LogP contribution in [0.1, 0.15) is 37.4 Å². The molecule has 1 atom stereocenters. The van der Waals surface area contributed by atoms with Gasteiger partial charge in [-0.15, -0.1) is 0 Å². The topological polar surface area (TPSA) is 58.1 Å². The lowest BCUT2D eigenvalue weighted by Crippen LogP contribution is -2.47. The number of carbonyl (C=O) groups is 1. The third-order valence-electron chi connectivity index (χ3n) is 5.01. The molecule has 3 rings (SSSR count). The zero-order chi connectivity index (χ0) is 17.2. The number of carbonyl (C=O) groups excluding carboxylic acids is 1. The molecule has 1 aliphatic heterocycles. The Labute approximate surface area is 143 Å². The Hall–Kier alpha value is -2.43. The molecule has 2 heterocycles. The van der Waals surface area contributed by atoms with Gasteiger partial charge < -0.3 is 10.2 Å². The standard InChI is InChI=1S/C19H24N4O/c1-14-17(9-11-20-22-14)21-18(24)23-12-10-19(2,3)16(13-23)15-7-5-4-6-8-15/h4-9,11,16H,10,12-13H2,1-3H3,(H,20,21,24). The SMILES string of the molecule is Cc1nnccc1NC(=O)N1CCC(C)(C)C(c2ccccc2)C1. The van der Waals surface area contributed by atoms with Gasteiger partial charge in [0.05, 0.1) is 17.6 Å². The average Bonchev–Trinajstić information content (AvgIpc) is 2.57. The normalized spacial score (nSPS) is 19.8. The third-order valence-corrected chi connectivity index (χ3v) is 5.01. The van der Waals surface area contributed by atoms with Crippen LogP contribution >= 0.6 is 0 Å². The molecule has 1 fully saturated rings. The number of nitrogens with one attached hydrogen (secondary N) is 1. The van der Waals surface area contributed by atoms with Gasteiger partial charge in [0.2, 0.25) is 0 Å². The van der Waals surface area contributed by atoms with E-state index in [0.717, 1.165) is 30.9 Å². The van der Waals surface area contributed by atoms with E-state index in [1.54, 1.807) is 12.3 Å². The Morgan fingerprint density at radius 3 is 2.71 bits per heavy atom. The molecular weight excluding hydrogens is 300 g/mol. The fourth-order valence-electron chi connectivity index (χ4n) is 3.31. The van der Waals surface area contributed by atoms with Gasteiger partial charge in [-0.05, 0) is 30.4 Å². The highest BCUT2D eigenvalue weighted by Crippen LogP contribution is 2.42. The maximum atomic E-state index is 12.7. The summed E-state index contributed by atoms with van der Waals surface area (Å²) in [5.41, 5.74) is 2.91. The first kappa shape index (κ1) is 16.4. The van der Waals surface area contributed by atoms with E-state index in [-0.39, 0.29) is 11.4 Å². The quantitative estimate of drug-likeness (QED) is 0.913. The van der Waals surface area contributed by atoms with Gasteiger partial charge >= 0.3 is 6.03 Å². The number of aryl methyl sites for hydroxylation is 1. The average molecular weight is 324 g/mol. The number of piperidine rings is 1. The molecule has 5 nitrogen and oxygen atoms in total. The van der Waals surface area contributed by atoms with Crippen molar-refractivity contribution in [1.82, 2.24) is 15.1 Å². The van der Waals surface area contributed by atoms with Crippen LogP contribution in [-0.4, -0.2) is 34.2 Å². The zero-order valence-corrected chi connectivity index (χ0v) is 14.5. The van der Waals surface area contributed by atoms with Gasteiger partial charge in [-0.25, -0.2) is 4.79 Å². The maximum Gasteiger partial charge on any atom is 0.321 e. The van der Waals surface area contributed by atoms with Crippen LogP contribution in [-0.2, 0) is 0 Å². The van der Waals surface area contributed by atoms with Crippen LogP contribution < -0.4 is 5.32 Å². The highest BCUT2D eigenvalue weighted by atomic mass is 16.2. The summed E-state index contributed by atoms with van der Waals surface area (Å²) in [7, 11) is 0. The van der Waals surface area contributed by atoms with Gasteiger partial charge in [-0.1, -0.05) is 44.2 Å². The molecule has 0 spiro atoms. The van der Waals surface area contributed by atoms with Gasteiger partial charge in [0, 0.05) is 19.0 Å². The first-order chi connectivity index (χ1) is 11.5. The van der Waals surface area contributed by atoms with E-state index in [1.165, 1.54) is 5.56 Å². The predicted octanol–water partition coefficient (Wildman–Crippen LogP) is 3.83. The van der Waals surface area contributed by atoms with Crippen molar-refractivity contribution in [2.75, 3.05) is 18.4 Å². The van der Waals surface area contributed by atoms with Crippen molar-refractivity contribution >= 4 is 11.7 Å². The summed E-state index contributed by atoms with van der Waals surface area (Å²) >= 11 is 0. The first-order valence-electron chi connectivity index (χ1n) is 8.36. The molecule has 1 aliphatic rings. The molecule has 1 N–H and O–H groups in total. The Morgan fingerprint density at radius 1 is 1.25 bits per heavy atom. The summed E-state index contributed by atoms with van der Waals surface area (Å²) in [5, 5.41) is 10.8. The Kier molecular flexibility index (Phi) is 4.51. The van der Waals surface area contributed by atoms with Crippen LogP contribution in [0.25, 0.3) is 0 Å². The summed E-state index contributed by atoms with van der Waals surface area (Å²) in [4.78, 5) is 14.6. The molecule has 126 valence electrons. The molecule has 5 heteroatoms. The Bertz CT molecular complexity index is 714. The molecule has 24 heavy (non-hydrogen) atoms. The molecule has 1 aromatic heterocycles. The van der Waals surface area contributed by atoms with Crippen LogP contribution in [0.5, 0.6) is 0 Å². The lowest BCUT2D eigenvalue weighted by Gasteiger charge is -2.44. The van der Waals surface area contributed by atoms with E-state index in [2.05, 4.69) is 53.6 Å². The smallest absolute Gasteiger partial charge is 0.321 e. The van der Waals surface area contributed by atoms with Gasteiger partial charge in [0.1, 0.15) is 0 Å². The van der Waals surface area contributed by atoms with E-state index < -0.39 is 0 Å². The molecular formula is C19H24N4O. The second-order valence-corrected chi connectivity index (χ2v) is 7.11. The molecule has 2 amide bonds. The van der Waals surface area contributed by atoms with Crippen LogP contribution in [0.3, 0.4) is 0 Å². The van der Waals surface area contributed by atoms with E-state index in [0.29, 0.717) is 5.92 Å². The minimum atomic E-state index is -0.0671. The van der Waals surface area contributed by atoms with Crippen LogP contribution in [0.2, 0.25) is 0 Å². The zero-order valence-electron chi connectivity index (χ0n) is 14.5. The van der Waals surface area contributed by atoms with E-state index >= 15 is 0 Å². The highest BCUT2D eigenvalue weighted by Gasteiger charge is 2.38. The predicted molar refractivity (Wildman–Crippen MR) is 94.9 cm³/mol. The van der Waals surface area contributed by atoms with Crippen molar-refractivity contribution in [2.45, 2.75) is 33.1 Å². The van der Waals surface area contributed by atoms with E-state index in [9.17, 15) is 4.79 Å². The van der Waals surface area contributed by atoms with E-state index in [4.69, 9.17) is 0 Å². The highest BCUT2D eigenvalue weighted by molar-refractivity contribution is 5.89. The molecule has 2 aromatic rings. The number of anilines is 1. The number of amides is 2. The van der Waals surface area contributed by atoms with Crippen molar-refractivity contribution in [2.24, 2.45) is 5.41 Å². The molecule has 0 radical (unpaired) electrons. The summed E-state index contributed by atoms with van der Waals surface area (Å²) in [6.45, 7) is 7.91. The number of rotatable bonds is 2. The van der Waals surface area contributed by atoms with E-state index in [1.807, 2.05) is 17.9 Å². The number of hydrogen-bond acceptors (Lipinski definition) is 3. The van der Waals surface area contributed by atoms with Crippen molar-refractivity contribution in [3.05, 3.63) is 53.9 Å². The van der Waals surface area contributed by atoms with Gasteiger partial charge in [-0.2, -0.15) is 10.2 Å². The number of benzene rings is 1. The molecule has 1 saturated heterocycles. The van der Waals surface area contributed by atoms with Crippen LogP contribution in [0, 0.1) is 12.3 Å². The second kappa shape index (κ2) is 6.59. The van der Waals surface area contributed by atoms with Crippen LogP contribution in [0.4, 0.5) is 10.5 Å². The fourth-order valence-corrected chi connectivity index (χ4v) is 3.31. The van der Waals surface area contributed by atoms with Gasteiger partial charge in [0.15, 0.2) is 0 Å². The van der Waals surface area contributed by atoms with Crippen LogP contribution in [0.15, 0.2) is 42.6 Å². The molecule has 0 aliphatic carbocycles. The molecule has 0 bridgehead atoms. The summed E-state index contributed by atoms with van der Waals surface area (Å²) in [5.74, 6) is 0.329. The largest absolute Gasteiger partial charge is 0.324 e. The van der Waals surface area contributed by atoms with Crippen molar-refractivity contribution < 1.29 is 4.79 Å². The fraction of sp³-hybridized carbons (Fsp3) is 0.421. The number of nitrogens with zero attached hydrogens (tertiary/aromatic N) is 3. The first-order valence-corrected chi connectivity index (χ1v) is 8.36. The van der Waals surface area contributed by atoms with Crippen molar-refractivity contribution in [3.8, 4) is 0 Å². The lowest BCUT2D eigenvalue weighted by molar-refractivity contribution is 0.124. The minimum absolute atomic E-state index is 0.0671. The molecule has 1 aromatic carbocycles. The third kappa shape index (κ3) is 3.40. The minimum Gasteiger partial charge on any atom is -0.324 e. The van der Waals surface area contributed by atoms with Gasteiger partial charge in [-0.3, -0.25) is 0 Å².